The monoisotopic (exact) mass is 422 g/mol. The Kier molecular flexibility index (Phi) is 6.78. The van der Waals surface area contributed by atoms with Crippen molar-refractivity contribution in [1.82, 2.24) is 4.98 Å². The van der Waals surface area contributed by atoms with Gasteiger partial charge in [-0.2, -0.15) is 5.10 Å². The van der Waals surface area contributed by atoms with Gasteiger partial charge in [-0.15, -0.1) is 11.3 Å². The maximum Gasteiger partial charge on any atom is 0.203 e. The maximum absolute atomic E-state index is 5.89. The van der Waals surface area contributed by atoms with E-state index in [9.17, 15) is 0 Å². The highest BCUT2D eigenvalue weighted by Crippen LogP contribution is 2.25. The summed E-state index contributed by atoms with van der Waals surface area (Å²) in [7, 11) is 1.64. The molecule has 0 radical (unpaired) electrons. The molecule has 0 spiro atoms. The summed E-state index contributed by atoms with van der Waals surface area (Å²) >= 11 is 7.39. The zero-order chi connectivity index (χ0) is 16.1. The van der Waals surface area contributed by atoms with Gasteiger partial charge in [0.15, 0.2) is 0 Å². The molecule has 0 amide bonds. The Balaban J connectivity index is 0.00000208. The van der Waals surface area contributed by atoms with Gasteiger partial charge in [-0.3, -0.25) is 5.43 Å². The molecule has 1 heterocycles. The van der Waals surface area contributed by atoms with Gasteiger partial charge in [0, 0.05) is 16.0 Å². The van der Waals surface area contributed by atoms with E-state index in [1.807, 2.05) is 53.9 Å². The zero-order valence-corrected chi connectivity index (χ0v) is 15.9. The van der Waals surface area contributed by atoms with Crippen molar-refractivity contribution in [3.63, 3.8) is 0 Å². The van der Waals surface area contributed by atoms with E-state index in [1.54, 1.807) is 13.3 Å². The highest BCUT2D eigenvalue weighted by molar-refractivity contribution is 7.14. The number of nitrogens with zero attached hydrogens (tertiary/aromatic N) is 2. The SMILES string of the molecule is COc1ccc(/C=N/Nc2nc(-c3ccc(Cl)cc3)cs2)cc1.[Br-]. The molecule has 1 aromatic heterocycles. The lowest BCUT2D eigenvalue weighted by molar-refractivity contribution is -0.00000474. The largest absolute Gasteiger partial charge is 1.00 e. The molecule has 3 rings (SSSR count). The number of thiazole rings is 1. The smallest absolute Gasteiger partial charge is 0.203 e. The zero-order valence-electron chi connectivity index (χ0n) is 12.7. The quantitative estimate of drug-likeness (QED) is 0.504. The highest BCUT2D eigenvalue weighted by atomic mass is 79.9. The Morgan fingerprint density at radius 3 is 2.50 bits per heavy atom. The first kappa shape index (κ1) is 18.4. The van der Waals surface area contributed by atoms with Crippen molar-refractivity contribution in [2.45, 2.75) is 0 Å². The first-order chi connectivity index (χ1) is 11.2. The van der Waals surface area contributed by atoms with Crippen LogP contribution in [0.1, 0.15) is 5.56 Å². The second-order valence-corrected chi connectivity index (χ2v) is 5.98. The van der Waals surface area contributed by atoms with Crippen molar-refractivity contribution >= 4 is 34.3 Å². The Hall–Kier alpha value is -1.89. The van der Waals surface area contributed by atoms with Crippen molar-refractivity contribution < 1.29 is 21.7 Å². The van der Waals surface area contributed by atoms with E-state index in [0.717, 1.165) is 27.7 Å². The van der Waals surface area contributed by atoms with Gasteiger partial charge in [0.25, 0.3) is 0 Å². The molecule has 7 heteroatoms. The summed E-state index contributed by atoms with van der Waals surface area (Å²) in [5, 5.41) is 7.63. The predicted molar refractivity (Wildman–Crippen MR) is 96.8 cm³/mol. The number of hydrogen-bond acceptors (Lipinski definition) is 5. The van der Waals surface area contributed by atoms with Gasteiger partial charge in [0.1, 0.15) is 5.75 Å². The third kappa shape index (κ3) is 4.80. The molecule has 0 atom stereocenters. The fourth-order valence-corrected chi connectivity index (χ4v) is 2.72. The van der Waals surface area contributed by atoms with E-state index in [-0.39, 0.29) is 17.0 Å². The van der Waals surface area contributed by atoms with E-state index in [0.29, 0.717) is 5.02 Å². The minimum atomic E-state index is 0. The van der Waals surface area contributed by atoms with Crippen LogP contribution < -0.4 is 27.1 Å². The van der Waals surface area contributed by atoms with Crippen LogP contribution in [0.5, 0.6) is 5.75 Å². The van der Waals surface area contributed by atoms with E-state index in [4.69, 9.17) is 16.3 Å². The van der Waals surface area contributed by atoms with Crippen LogP contribution in [-0.4, -0.2) is 18.3 Å². The van der Waals surface area contributed by atoms with E-state index in [2.05, 4.69) is 15.5 Å². The molecule has 124 valence electrons. The summed E-state index contributed by atoms with van der Waals surface area (Å²) < 4.78 is 5.12. The molecule has 0 unspecified atom stereocenters. The van der Waals surface area contributed by atoms with E-state index in [1.165, 1.54) is 11.3 Å². The number of nitrogens with one attached hydrogen (secondary N) is 1. The number of hydrogen-bond donors (Lipinski definition) is 1. The third-order valence-corrected chi connectivity index (χ3v) is 4.13. The normalized spacial score (nSPS) is 10.4. The van der Waals surface area contributed by atoms with Gasteiger partial charge in [-0.25, -0.2) is 4.98 Å². The second kappa shape index (κ2) is 8.82. The molecule has 3 aromatic rings. The molecule has 0 aliphatic heterocycles. The Morgan fingerprint density at radius 2 is 1.83 bits per heavy atom. The minimum Gasteiger partial charge on any atom is -1.00 e. The van der Waals surface area contributed by atoms with Gasteiger partial charge in [-0.05, 0) is 42.0 Å². The molecule has 0 aliphatic rings. The Morgan fingerprint density at radius 1 is 1.12 bits per heavy atom. The van der Waals surface area contributed by atoms with Crippen LogP contribution in [-0.2, 0) is 0 Å². The average Bonchev–Trinajstić information content (AvgIpc) is 3.05. The van der Waals surface area contributed by atoms with Crippen molar-refractivity contribution in [2.24, 2.45) is 5.10 Å². The van der Waals surface area contributed by atoms with Gasteiger partial charge in [0.2, 0.25) is 5.13 Å². The summed E-state index contributed by atoms with van der Waals surface area (Å²) in [4.78, 5) is 4.50. The number of benzene rings is 2. The lowest BCUT2D eigenvalue weighted by Gasteiger charge is -1.99. The fraction of sp³-hybridized carbons (Fsp3) is 0.0588. The maximum atomic E-state index is 5.89. The number of rotatable bonds is 5. The number of ether oxygens (including phenoxy) is 1. The predicted octanol–water partition coefficient (Wildman–Crippen LogP) is 1.92. The molecular formula is C17H14BrClN3OS-. The van der Waals surface area contributed by atoms with Crippen molar-refractivity contribution in [3.8, 4) is 17.0 Å². The van der Waals surface area contributed by atoms with Crippen LogP contribution in [0.3, 0.4) is 0 Å². The first-order valence-corrected chi connectivity index (χ1v) is 8.15. The first-order valence-electron chi connectivity index (χ1n) is 6.89. The van der Waals surface area contributed by atoms with E-state index >= 15 is 0 Å². The lowest BCUT2D eigenvalue weighted by atomic mass is 10.2. The number of methoxy groups -OCH3 is 1. The third-order valence-electron chi connectivity index (χ3n) is 3.13. The molecule has 4 nitrogen and oxygen atoms in total. The number of anilines is 1. The molecule has 0 bridgehead atoms. The molecule has 2 aromatic carbocycles. The molecule has 0 saturated carbocycles. The Labute approximate surface area is 159 Å². The topological polar surface area (TPSA) is 46.5 Å². The lowest BCUT2D eigenvalue weighted by Crippen LogP contribution is -3.00. The van der Waals surface area contributed by atoms with E-state index < -0.39 is 0 Å². The molecule has 24 heavy (non-hydrogen) atoms. The Bertz CT molecular complexity index is 803. The standard InChI is InChI=1S/C17H14ClN3OS.BrH/c1-22-15-8-2-12(3-9-15)10-19-21-17-20-16(11-23-17)13-4-6-14(18)7-5-13;/h2-11H,1H3,(H,20,21);1H/p-1/b19-10+;. The van der Waals surface area contributed by atoms with Crippen LogP contribution in [0, 0.1) is 0 Å². The average molecular weight is 424 g/mol. The molecule has 0 aliphatic carbocycles. The molecule has 1 N–H and O–H groups in total. The van der Waals surface area contributed by atoms with Crippen LogP contribution >= 0.6 is 22.9 Å². The van der Waals surface area contributed by atoms with Gasteiger partial charge in [-0.1, -0.05) is 23.7 Å². The number of aromatic nitrogens is 1. The minimum absolute atomic E-state index is 0. The van der Waals surface area contributed by atoms with Crippen LogP contribution in [0.15, 0.2) is 59.0 Å². The van der Waals surface area contributed by atoms with Crippen molar-refractivity contribution in [1.29, 1.82) is 0 Å². The van der Waals surface area contributed by atoms with Crippen LogP contribution in [0.2, 0.25) is 5.02 Å². The summed E-state index contributed by atoms with van der Waals surface area (Å²) in [6, 6.07) is 15.3. The number of hydrazone groups is 1. The summed E-state index contributed by atoms with van der Waals surface area (Å²) in [6.07, 6.45) is 1.74. The summed E-state index contributed by atoms with van der Waals surface area (Å²) in [5.74, 6) is 0.822. The number of halogens is 2. The van der Waals surface area contributed by atoms with Crippen LogP contribution in [0.4, 0.5) is 5.13 Å². The highest BCUT2D eigenvalue weighted by Gasteiger charge is 2.03. The summed E-state index contributed by atoms with van der Waals surface area (Å²) in [6.45, 7) is 0. The summed E-state index contributed by atoms with van der Waals surface area (Å²) in [5.41, 5.74) is 5.85. The van der Waals surface area contributed by atoms with Crippen molar-refractivity contribution in [3.05, 3.63) is 64.5 Å². The van der Waals surface area contributed by atoms with Gasteiger partial charge < -0.3 is 21.7 Å². The van der Waals surface area contributed by atoms with Gasteiger partial charge >= 0.3 is 0 Å². The molecule has 0 saturated heterocycles. The molecular weight excluding hydrogens is 410 g/mol. The second-order valence-electron chi connectivity index (χ2n) is 4.69. The molecule has 0 fully saturated rings. The van der Waals surface area contributed by atoms with Crippen LogP contribution in [0.25, 0.3) is 11.3 Å². The fourth-order valence-electron chi connectivity index (χ4n) is 1.93. The van der Waals surface area contributed by atoms with Gasteiger partial charge in [0.05, 0.1) is 19.0 Å². The van der Waals surface area contributed by atoms with Crippen molar-refractivity contribution in [2.75, 3.05) is 12.5 Å².